The van der Waals surface area contributed by atoms with Crippen LogP contribution in [0.3, 0.4) is 0 Å². The molecule has 2 bridgehead atoms. The molecule has 0 spiro atoms. The minimum absolute atomic E-state index is 0. The molecule has 3 aliphatic rings. The second-order valence-corrected chi connectivity index (χ2v) is 6.62. The average Bonchev–Trinajstić information content (AvgIpc) is 2.39. The van der Waals surface area contributed by atoms with E-state index in [1.165, 1.54) is 19.3 Å². The normalized spacial score (nSPS) is 40.5. The minimum Gasteiger partial charge on any atom is -0.379 e. The van der Waals surface area contributed by atoms with E-state index in [0.29, 0.717) is 24.5 Å². The van der Waals surface area contributed by atoms with Crippen molar-refractivity contribution in [3.63, 3.8) is 0 Å². The third-order valence-corrected chi connectivity index (χ3v) is 5.29. The maximum Gasteiger partial charge on any atom is 0.223 e. The molecule has 3 N–H and O–H groups in total. The van der Waals surface area contributed by atoms with Gasteiger partial charge < -0.3 is 15.8 Å². The van der Waals surface area contributed by atoms with Crippen molar-refractivity contribution in [2.24, 2.45) is 23.5 Å². The van der Waals surface area contributed by atoms with Gasteiger partial charge >= 0.3 is 0 Å². The average molecular weight is 303 g/mol. The van der Waals surface area contributed by atoms with Crippen LogP contribution in [0.1, 0.15) is 44.9 Å². The molecule has 1 aliphatic heterocycles. The zero-order valence-electron chi connectivity index (χ0n) is 12.1. The van der Waals surface area contributed by atoms with E-state index < -0.39 is 0 Å². The predicted molar refractivity (Wildman–Crippen MR) is 80.8 cm³/mol. The molecular weight excluding hydrogens is 276 g/mol. The molecule has 1 heterocycles. The second-order valence-electron chi connectivity index (χ2n) is 6.62. The van der Waals surface area contributed by atoms with Crippen LogP contribution in [0, 0.1) is 17.8 Å². The standard InChI is InChI=1S/C15H26N2O2.ClH/c16-14-10-3-1-4-11(14)8-12(7-10)15(18)17-13-5-2-6-19-9-13;/h10-14H,1-9,16H2,(H,17,18);1H. The number of hydrogen-bond donors (Lipinski definition) is 2. The van der Waals surface area contributed by atoms with E-state index in [0.717, 1.165) is 32.3 Å². The van der Waals surface area contributed by atoms with Crippen molar-refractivity contribution in [3.8, 4) is 0 Å². The molecule has 1 saturated heterocycles. The summed E-state index contributed by atoms with van der Waals surface area (Å²) in [5.41, 5.74) is 6.28. The van der Waals surface area contributed by atoms with Gasteiger partial charge in [0.2, 0.25) is 5.91 Å². The molecule has 4 nitrogen and oxygen atoms in total. The third kappa shape index (κ3) is 3.46. The van der Waals surface area contributed by atoms with E-state index in [1.54, 1.807) is 0 Å². The number of hydrogen-bond acceptors (Lipinski definition) is 3. The summed E-state index contributed by atoms with van der Waals surface area (Å²) in [4.78, 5) is 12.4. The van der Waals surface area contributed by atoms with Crippen LogP contribution in [-0.4, -0.2) is 31.2 Å². The second kappa shape index (κ2) is 7.10. The van der Waals surface area contributed by atoms with Crippen LogP contribution in [0.4, 0.5) is 0 Å². The Labute approximate surface area is 127 Å². The first kappa shape index (κ1) is 16.1. The van der Waals surface area contributed by atoms with E-state index in [2.05, 4.69) is 5.32 Å². The Balaban J connectivity index is 0.00000147. The number of carbonyl (C=O) groups is 1. The van der Waals surface area contributed by atoms with Crippen molar-refractivity contribution in [3.05, 3.63) is 0 Å². The molecule has 0 aromatic rings. The Bertz CT molecular complexity index is 320. The van der Waals surface area contributed by atoms with Crippen molar-refractivity contribution in [1.82, 2.24) is 5.32 Å². The fourth-order valence-electron chi connectivity index (χ4n) is 4.18. The highest BCUT2D eigenvalue weighted by molar-refractivity contribution is 5.85. The fourth-order valence-corrected chi connectivity index (χ4v) is 4.18. The Kier molecular flexibility index (Phi) is 5.70. The number of ether oxygens (including phenoxy) is 1. The van der Waals surface area contributed by atoms with Crippen molar-refractivity contribution in [2.75, 3.05) is 13.2 Å². The predicted octanol–water partition coefficient (Wildman–Crippen LogP) is 1.86. The molecule has 2 aliphatic carbocycles. The highest BCUT2D eigenvalue weighted by atomic mass is 35.5. The number of fused-ring (bicyclic) bond motifs is 2. The van der Waals surface area contributed by atoms with Gasteiger partial charge in [0, 0.05) is 18.6 Å². The highest BCUT2D eigenvalue weighted by Gasteiger charge is 2.40. The van der Waals surface area contributed by atoms with Crippen molar-refractivity contribution in [1.29, 1.82) is 0 Å². The molecule has 116 valence electrons. The van der Waals surface area contributed by atoms with E-state index >= 15 is 0 Å². The fraction of sp³-hybridized carbons (Fsp3) is 0.933. The maximum atomic E-state index is 12.4. The summed E-state index contributed by atoms with van der Waals surface area (Å²) in [6, 6.07) is 0.576. The Morgan fingerprint density at radius 1 is 1.10 bits per heavy atom. The summed E-state index contributed by atoms with van der Waals surface area (Å²) in [5.74, 6) is 1.59. The summed E-state index contributed by atoms with van der Waals surface area (Å²) in [7, 11) is 0. The molecule has 20 heavy (non-hydrogen) atoms. The topological polar surface area (TPSA) is 64.4 Å². The first-order chi connectivity index (χ1) is 9.24. The molecule has 3 atom stereocenters. The Hall–Kier alpha value is -0.320. The van der Waals surface area contributed by atoms with E-state index in [1.807, 2.05) is 0 Å². The summed E-state index contributed by atoms with van der Waals surface area (Å²) < 4.78 is 5.43. The number of rotatable bonds is 2. The van der Waals surface area contributed by atoms with Gasteiger partial charge in [-0.3, -0.25) is 4.79 Å². The molecule has 2 saturated carbocycles. The van der Waals surface area contributed by atoms with Gasteiger partial charge in [-0.2, -0.15) is 0 Å². The van der Waals surface area contributed by atoms with E-state index in [9.17, 15) is 4.79 Å². The molecule has 3 unspecified atom stereocenters. The third-order valence-electron chi connectivity index (χ3n) is 5.29. The quantitative estimate of drug-likeness (QED) is 0.818. The number of nitrogens with one attached hydrogen (secondary N) is 1. The lowest BCUT2D eigenvalue weighted by molar-refractivity contribution is -0.129. The molecule has 0 aromatic heterocycles. The van der Waals surface area contributed by atoms with Crippen molar-refractivity contribution >= 4 is 18.3 Å². The van der Waals surface area contributed by atoms with Gasteiger partial charge in [0.05, 0.1) is 12.6 Å². The van der Waals surface area contributed by atoms with Crippen LogP contribution in [0.2, 0.25) is 0 Å². The maximum absolute atomic E-state index is 12.4. The largest absolute Gasteiger partial charge is 0.379 e. The van der Waals surface area contributed by atoms with Crippen molar-refractivity contribution < 1.29 is 9.53 Å². The first-order valence-electron chi connectivity index (χ1n) is 7.87. The van der Waals surface area contributed by atoms with Crippen LogP contribution in [0.25, 0.3) is 0 Å². The number of carbonyl (C=O) groups excluding carboxylic acids is 1. The lowest BCUT2D eigenvalue weighted by Crippen LogP contribution is -2.51. The first-order valence-corrected chi connectivity index (χ1v) is 7.87. The summed E-state index contributed by atoms with van der Waals surface area (Å²) in [5, 5.41) is 3.19. The summed E-state index contributed by atoms with van der Waals surface area (Å²) in [6.07, 6.45) is 7.85. The van der Waals surface area contributed by atoms with Crippen LogP contribution < -0.4 is 11.1 Å². The SMILES string of the molecule is Cl.NC1C2CCCC1CC(C(=O)NC1CCCOC1)C2. The van der Waals surface area contributed by atoms with Gasteiger partial charge in [-0.25, -0.2) is 0 Å². The molecule has 0 radical (unpaired) electrons. The molecule has 0 aromatic carbocycles. The van der Waals surface area contributed by atoms with Crippen LogP contribution in [0.15, 0.2) is 0 Å². The summed E-state index contributed by atoms with van der Waals surface area (Å²) >= 11 is 0. The summed E-state index contributed by atoms with van der Waals surface area (Å²) in [6.45, 7) is 1.53. The van der Waals surface area contributed by atoms with Gasteiger partial charge in [-0.15, -0.1) is 12.4 Å². The Morgan fingerprint density at radius 2 is 1.80 bits per heavy atom. The molecular formula is C15H27ClN2O2. The van der Waals surface area contributed by atoms with E-state index in [4.69, 9.17) is 10.5 Å². The lowest BCUT2D eigenvalue weighted by Gasteiger charge is -2.43. The zero-order chi connectivity index (χ0) is 13.2. The van der Waals surface area contributed by atoms with Crippen LogP contribution in [-0.2, 0) is 9.53 Å². The van der Waals surface area contributed by atoms with Gasteiger partial charge in [-0.05, 0) is 50.4 Å². The van der Waals surface area contributed by atoms with Gasteiger partial charge in [0.1, 0.15) is 0 Å². The number of halogens is 1. The van der Waals surface area contributed by atoms with Gasteiger partial charge in [0.25, 0.3) is 0 Å². The lowest BCUT2D eigenvalue weighted by atomic mass is 9.65. The Morgan fingerprint density at radius 3 is 2.40 bits per heavy atom. The molecule has 3 rings (SSSR count). The van der Waals surface area contributed by atoms with Crippen molar-refractivity contribution in [2.45, 2.75) is 57.0 Å². The van der Waals surface area contributed by atoms with E-state index in [-0.39, 0.29) is 30.3 Å². The minimum atomic E-state index is 0. The van der Waals surface area contributed by atoms with Gasteiger partial charge in [0.15, 0.2) is 0 Å². The zero-order valence-corrected chi connectivity index (χ0v) is 12.9. The van der Waals surface area contributed by atoms with Gasteiger partial charge in [-0.1, -0.05) is 6.42 Å². The smallest absolute Gasteiger partial charge is 0.223 e. The highest BCUT2D eigenvalue weighted by Crippen LogP contribution is 2.41. The van der Waals surface area contributed by atoms with Crippen LogP contribution >= 0.6 is 12.4 Å². The molecule has 5 heteroatoms. The molecule has 3 fully saturated rings. The monoisotopic (exact) mass is 302 g/mol. The number of nitrogens with two attached hydrogens (primary N) is 1. The number of amides is 1. The van der Waals surface area contributed by atoms with Crippen LogP contribution in [0.5, 0.6) is 0 Å². The molecule has 1 amide bonds.